The molecule has 0 aromatic rings. The molecule has 0 saturated carbocycles. The van der Waals surface area contributed by atoms with E-state index in [0.717, 1.165) is 0 Å². The topological polar surface area (TPSA) is 21.8 Å². The van der Waals surface area contributed by atoms with E-state index in [1.54, 1.807) is 0 Å². The molecule has 0 N–H and O–H groups in total. The van der Waals surface area contributed by atoms with Crippen LogP contribution in [0.3, 0.4) is 0 Å². The second-order valence-electron chi connectivity index (χ2n) is 2.25. The molecule has 6 heteroatoms. The SMILES string of the molecule is F/C(=C/OCC1CO1)C(F)(F)F. The smallest absolute Gasteiger partial charge is 0.446 e. The molecule has 1 fully saturated rings. The minimum atomic E-state index is -4.95. The first kappa shape index (κ1) is 9.31. The first-order chi connectivity index (χ1) is 5.50. The van der Waals surface area contributed by atoms with E-state index >= 15 is 0 Å². The van der Waals surface area contributed by atoms with Crippen molar-refractivity contribution in [3.63, 3.8) is 0 Å². The van der Waals surface area contributed by atoms with E-state index in [-0.39, 0.29) is 19.0 Å². The van der Waals surface area contributed by atoms with Crippen LogP contribution in [0.1, 0.15) is 0 Å². The van der Waals surface area contributed by atoms with Gasteiger partial charge in [-0.25, -0.2) is 0 Å². The maximum atomic E-state index is 12.0. The Morgan fingerprint density at radius 1 is 1.58 bits per heavy atom. The number of alkyl halides is 3. The molecule has 0 aromatic heterocycles. The van der Waals surface area contributed by atoms with E-state index in [1.807, 2.05) is 0 Å². The largest absolute Gasteiger partial charge is 0.495 e. The van der Waals surface area contributed by atoms with E-state index in [9.17, 15) is 17.6 Å². The number of halogens is 4. The van der Waals surface area contributed by atoms with Crippen molar-refractivity contribution in [1.82, 2.24) is 0 Å². The third kappa shape index (κ3) is 3.08. The van der Waals surface area contributed by atoms with Crippen molar-refractivity contribution in [3.8, 4) is 0 Å². The number of epoxide rings is 1. The fourth-order valence-corrected chi connectivity index (χ4v) is 0.460. The number of allylic oxidation sites excluding steroid dienone is 1. The standard InChI is InChI=1S/C6H6F4O2/c7-5(6(8,9)10)3-11-1-4-2-12-4/h3-4H,1-2H2/b5-3+. The van der Waals surface area contributed by atoms with Gasteiger partial charge < -0.3 is 9.47 Å². The Kier molecular flexibility index (Phi) is 2.56. The van der Waals surface area contributed by atoms with Crippen molar-refractivity contribution in [1.29, 1.82) is 0 Å². The molecule has 0 aromatic carbocycles. The minimum absolute atomic E-state index is 0.0382. The molecule has 1 atom stereocenters. The van der Waals surface area contributed by atoms with E-state index in [0.29, 0.717) is 6.61 Å². The van der Waals surface area contributed by atoms with Crippen LogP contribution in [0, 0.1) is 0 Å². The van der Waals surface area contributed by atoms with Gasteiger partial charge in [-0.3, -0.25) is 0 Å². The number of rotatable bonds is 3. The Hall–Kier alpha value is -0.780. The zero-order valence-electron chi connectivity index (χ0n) is 5.90. The summed E-state index contributed by atoms with van der Waals surface area (Å²) in [6, 6.07) is 0. The molecule has 70 valence electrons. The molecule has 1 aliphatic rings. The summed E-state index contributed by atoms with van der Waals surface area (Å²) in [5, 5.41) is 0. The Morgan fingerprint density at radius 3 is 2.58 bits per heavy atom. The molecule has 2 nitrogen and oxygen atoms in total. The molecule has 12 heavy (non-hydrogen) atoms. The second kappa shape index (κ2) is 3.30. The zero-order chi connectivity index (χ0) is 9.19. The summed E-state index contributed by atoms with van der Waals surface area (Å²) in [6.45, 7) is 0.422. The summed E-state index contributed by atoms with van der Waals surface area (Å²) in [4.78, 5) is 0. The zero-order valence-corrected chi connectivity index (χ0v) is 5.90. The van der Waals surface area contributed by atoms with E-state index in [2.05, 4.69) is 9.47 Å². The second-order valence-corrected chi connectivity index (χ2v) is 2.25. The molecule has 0 aliphatic carbocycles. The summed E-state index contributed by atoms with van der Waals surface area (Å²) in [5.74, 6) is -2.23. The highest BCUT2D eigenvalue weighted by atomic mass is 19.4. The van der Waals surface area contributed by atoms with Crippen LogP contribution in [-0.2, 0) is 9.47 Å². The van der Waals surface area contributed by atoms with Crippen molar-refractivity contribution in [2.45, 2.75) is 12.3 Å². The summed E-state index contributed by atoms with van der Waals surface area (Å²) in [6.07, 6.45) is -5.08. The molecule has 0 bridgehead atoms. The van der Waals surface area contributed by atoms with Gasteiger partial charge in [-0.2, -0.15) is 17.6 Å². The van der Waals surface area contributed by atoms with Gasteiger partial charge in [0.15, 0.2) is 0 Å². The third-order valence-electron chi connectivity index (χ3n) is 1.14. The first-order valence-electron chi connectivity index (χ1n) is 3.16. The summed E-state index contributed by atoms with van der Waals surface area (Å²) >= 11 is 0. The van der Waals surface area contributed by atoms with E-state index < -0.39 is 12.0 Å². The van der Waals surface area contributed by atoms with Gasteiger partial charge in [0.1, 0.15) is 19.0 Å². The van der Waals surface area contributed by atoms with Crippen LogP contribution in [0.2, 0.25) is 0 Å². The molecule has 1 saturated heterocycles. The monoisotopic (exact) mass is 186 g/mol. The average Bonchev–Trinajstić information content (AvgIpc) is 2.69. The molecular weight excluding hydrogens is 180 g/mol. The summed E-state index contributed by atoms with van der Waals surface area (Å²) in [7, 11) is 0. The molecular formula is C6H6F4O2. The van der Waals surface area contributed by atoms with E-state index in [1.165, 1.54) is 0 Å². The average molecular weight is 186 g/mol. The normalized spacial score (nSPS) is 24.0. The predicted octanol–water partition coefficient (Wildman–Crippen LogP) is 1.77. The van der Waals surface area contributed by atoms with Crippen LogP contribution in [0.25, 0.3) is 0 Å². The molecule has 0 radical (unpaired) electrons. The Balaban J connectivity index is 2.24. The van der Waals surface area contributed by atoms with Gasteiger partial charge >= 0.3 is 6.18 Å². The molecule has 1 unspecified atom stereocenters. The Bertz CT molecular complexity index is 182. The fourth-order valence-electron chi connectivity index (χ4n) is 0.460. The quantitative estimate of drug-likeness (QED) is 0.380. The number of hydrogen-bond acceptors (Lipinski definition) is 2. The molecule has 0 amide bonds. The van der Waals surface area contributed by atoms with Crippen molar-refractivity contribution >= 4 is 0 Å². The van der Waals surface area contributed by atoms with Crippen LogP contribution < -0.4 is 0 Å². The Labute approximate surface area is 65.8 Å². The van der Waals surface area contributed by atoms with Gasteiger partial charge in [0.25, 0.3) is 0 Å². The van der Waals surface area contributed by atoms with Crippen LogP contribution in [-0.4, -0.2) is 25.5 Å². The van der Waals surface area contributed by atoms with Crippen molar-refractivity contribution < 1.29 is 27.0 Å². The molecule has 1 aliphatic heterocycles. The predicted molar refractivity (Wildman–Crippen MR) is 30.9 cm³/mol. The maximum Gasteiger partial charge on any atom is 0.446 e. The van der Waals surface area contributed by atoms with Crippen LogP contribution in [0.5, 0.6) is 0 Å². The summed E-state index contributed by atoms with van der Waals surface area (Å²) < 4.78 is 55.1. The highest BCUT2D eigenvalue weighted by molar-refractivity contribution is 4.94. The molecule has 0 spiro atoms. The molecule has 1 rings (SSSR count). The van der Waals surface area contributed by atoms with Crippen molar-refractivity contribution in [2.75, 3.05) is 13.2 Å². The van der Waals surface area contributed by atoms with Gasteiger partial charge in [-0.05, 0) is 0 Å². The summed E-state index contributed by atoms with van der Waals surface area (Å²) in [5.41, 5.74) is 0. The Morgan fingerprint density at radius 2 is 2.17 bits per heavy atom. The third-order valence-corrected chi connectivity index (χ3v) is 1.14. The van der Waals surface area contributed by atoms with Crippen LogP contribution >= 0.6 is 0 Å². The highest BCUT2D eigenvalue weighted by Gasteiger charge is 2.35. The van der Waals surface area contributed by atoms with Gasteiger partial charge in [-0.15, -0.1) is 0 Å². The lowest BCUT2D eigenvalue weighted by molar-refractivity contribution is -0.111. The lowest BCUT2D eigenvalue weighted by atomic mass is 10.5. The van der Waals surface area contributed by atoms with E-state index in [4.69, 9.17) is 0 Å². The van der Waals surface area contributed by atoms with Gasteiger partial charge in [-0.1, -0.05) is 0 Å². The van der Waals surface area contributed by atoms with Crippen LogP contribution in [0.15, 0.2) is 12.1 Å². The number of ether oxygens (including phenoxy) is 2. The van der Waals surface area contributed by atoms with Crippen molar-refractivity contribution in [3.05, 3.63) is 12.1 Å². The number of hydrogen-bond donors (Lipinski definition) is 0. The van der Waals surface area contributed by atoms with Gasteiger partial charge in [0.05, 0.1) is 6.61 Å². The van der Waals surface area contributed by atoms with Gasteiger partial charge in [0.2, 0.25) is 5.83 Å². The van der Waals surface area contributed by atoms with Gasteiger partial charge in [0, 0.05) is 0 Å². The minimum Gasteiger partial charge on any atom is -0.495 e. The van der Waals surface area contributed by atoms with Crippen molar-refractivity contribution in [2.24, 2.45) is 0 Å². The fraction of sp³-hybridized carbons (Fsp3) is 0.667. The lowest BCUT2D eigenvalue weighted by Gasteiger charge is -2.02. The maximum absolute atomic E-state index is 12.0. The first-order valence-corrected chi connectivity index (χ1v) is 3.16. The highest BCUT2D eigenvalue weighted by Crippen LogP contribution is 2.26. The molecule has 1 heterocycles. The lowest BCUT2D eigenvalue weighted by Crippen LogP contribution is -2.09. The van der Waals surface area contributed by atoms with Crippen LogP contribution in [0.4, 0.5) is 17.6 Å².